The van der Waals surface area contributed by atoms with Crippen molar-refractivity contribution in [1.29, 1.82) is 0 Å². The van der Waals surface area contributed by atoms with Gasteiger partial charge >= 0.3 is 0 Å². The van der Waals surface area contributed by atoms with E-state index in [2.05, 4.69) is 35.8 Å². The Morgan fingerprint density at radius 3 is 2.57 bits per heavy atom. The maximum absolute atomic E-state index is 13.0. The van der Waals surface area contributed by atoms with Crippen LogP contribution in [0.25, 0.3) is 33.3 Å². The molecule has 218 valence electrons. The Bertz CT molecular complexity index is 1830. The zero-order valence-corrected chi connectivity index (χ0v) is 25.5. The highest BCUT2D eigenvalue weighted by molar-refractivity contribution is 7.89. The number of aromatic nitrogens is 4. The Labute approximate surface area is 251 Å². The number of hydrogen-bond acceptors (Lipinski definition) is 7. The zero-order chi connectivity index (χ0) is 29.9. The van der Waals surface area contributed by atoms with Gasteiger partial charge in [0, 0.05) is 42.0 Å². The molecule has 9 nitrogen and oxygen atoms in total. The molecule has 3 aromatic carbocycles. The summed E-state index contributed by atoms with van der Waals surface area (Å²) >= 11 is 6.27. The highest BCUT2D eigenvalue weighted by atomic mass is 35.5. The Morgan fingerprint density at radius 1 is 1.00 bits per heavy atom. The van der Waals surface area contributed by atoms with Crippen LogP contribution in [0.15, 0.2) is 84.0 Å². The van der Waals surface area contributed by atoms with Crippen molar-refractivity contribution in [2.75, 3.05) is 25.5 Å². The SMILES string of the molecule is COc1cc(-c2nn(C(C)(C)C)cc2-c2ccnc(NCCCNS(=O)(=O)c3cccc4ccccc34)n2)ccc1Cl. The van der Waals surface area contributed by atoms with Gasteiger partial charge in [0.1, 0.15) is 11.4 Å². The smallest absolute Gasteiger partial charge is 0.241 e. The van der Waals surface area contributed by atoms with Crippen LogP contribution >= 0.6 is 11.6 Å². The summed E-state index contributed by atoms with van der Waals surface area (Å²) in [5, 5.41) is 10.2. The van der Waals surface area contributed by atoms with Gasteiger partial charge in [-0.15, -0.1) is 0 Å². The van der Waals surface area contributed by atoms with Gasteiger partial charge in [0.05, 0.1) is 28.3 Å². The summed E-state index contributed by atoms with van der Waals surface area (Å²) in [6.07, 6.45) is 4.20. The second kappa shape index (κ2) is 12.1. The van der Waals surface area contributed by atoms with Crippen LogP contribution in [-0.2, 0) is 15.6 Å². The summed E-state index contributed by atoms with van der Waals surface area (Å²) in [6.45, 7) is 6.98. The molecule has 2 aromatic heterocycles. The molecule has 2 N–H and O–H groups in total. The number of benzene rings is 3. The quantitative estimate of drug-likeness (QED) is 0.178. The van der Waals surface area contributed by atoms with E-state index in [1.807, 2.05) is 59.4 Å². The van der Waals surface area contributed by atoms with E-state index in [1.54, 1.807) is 31.5 Å². The van der Waals surface area contributed by atoms with Crippen LogP contribution < -0.4 is 14.8 Å². The molecule has 11 heteroatoms. The number of nitrogens with zero attached hydrogens (tertiary/aromatic N) is 4. The van der Waals surface area contributed by atoms with Crippen LogP contribution in [0, 0.1) is 0 Å². The number of methoxy groups -OCH3 is 1. The lowest BCUT2D eigenvalue weighted by Crippen LogP contribution is -2.26. The number of anilines is 1. The number of hydrogen-bond donors (Lipinski definition) is 2. The number of fused-ring (bicyclic) bond motifs is 1. The minimum Gasteiger partial charge on any atom is -0.495 e. The van der Waals surface area contributed by atoms with Gasteiger partial charge in [0.25, 0.3) is 0 Å². The largest absolute Gasteiger partial charge is 0.495 e. The number of nitrogens with one attached hydrogen (secondary N) is 2. The first-order valence-corrected chi connectivity index (χ1v) is 15.4. The summed E-state index contributed by atoms with van der Waals surface area (Å²) in [5.41, 5.74) is 2.87. The highest BCUT2D eigenvalue weighted by Crippen LogP contribution is 2.36. The molecule has 42 heavy (non-hydrogen) atoms. The number of sulfonamides is 1. The predicted molar refractivity (Wildman–Crippen MR) is 167 cm³/mol. The molecule has 5 aromatic rings. The van der Waals surface area contributed by atoms with Gasteiger partial charge in [-0.25, -0.2) is 23.1 Å². The van der Waals surface area contributed by atoms with Gasteiger partial charge in [-0.2, -0.15) is 5.10 Å². The van der Waals surface area contributed by atoms with Crippen LogP contribution in [0.1, 0.15) is 27.2 Å². The van der Waals surface area contributed by atoms with Crippen molar-refractivity contribution in [3.63, 3.8) is 0 Å². The molecule has 0 amide bonds. The van der Waals surface area contributed by atoms with Gasteiger partial charge in [-0.05, 0) is 56.8 Å². The van der Waals surface area contributed by atoms with E-state index in [-0.39, 0.29) is 17.0 Å². The van der Waals surface area contributed by atoms with E-state index in [4.69, 9.17) is 26.4 Å². The van der Waals surface area contributed by atoms with Gasteiger partial charge in [-0.3, -0.25) is 4.68 Å². The Hall–Kier alpha value is -3.99. The van der Waals surface area contributed by atoms with Crippen molar-refractivity contribution < 1.29 is 13.2 Å². The Kier molecular flexibility index (Phi) is 8.49. The van der Waals surface area contributed by atoms with Crippen molar-refractivity contribution >= 4 is 38.3 Å². The summed E-state index contributed by atoms with van der Waals surface area (Å²) < 4.78 is 36.0. The summed E-state index contributed by atoms with van der Waals surface area (Å²) in [7, 11) is -2.08. The van der Waals surface area contributed by atoms with Crippen LogP contribution in [0.3, 0.4) is 0 Å². The number of halogens is 1. The molecule has 0 fully saturated rings. The Balaban J connectivity index is 1.29. The van der Waals surface area contributed by atoms with E-state index in [0.717, 1.165) is 22.2 Å². The van der Waals surface area contributed by atoms with Crippen molar-refractivity contribution in [3.05, 3.63) is 84.1 Å². The summed E-state index contributed by atoms with van der Waals surface area (Å²) in [5.74, 6) is 0.999. The van der Waals surface area contributed by atoms with Crippen LogP contribution in [-0.4, -0.2) is 48.4 Å². The third-order valence-electron chi connectivity index (χ3n) is 6.73. The van der Waals surface area contributed by atoms with Crippen molar-refractivity contribution in [1.82, 2.24) is 24.5 Å². The van der Waals surface area contributed by atoms with Crippen LogP contribution in [0.5, 0.6) is 5.75 Å². The first kappa shape index (κ1) is 29.5. The van der Waals surface area contributed by atoms with E-state index in [9.17, 15) is 8.42 Å². The van der Waals surface area contributed by atoms with Gasteiger partial charge in [0.15, 0.2) is 0 Å². The lowest BCUT2D eigenvalue weighted by atomic mass is 10.1. The van der Waals surface area contributed by atoms with E-state index < -0.39 is 10.0 Å². The average molecular weight is 605 g/mol. The molecule has 0 saturated carbocycles. The standard InChI is InChI=1S/C31H33ClN6O3S/c1-31(2,3)38-20-24(29(37-38)22-13-14-25(32)27(19-22)41-4)26-15-18-34-30(36-26)33-16-8-17-35-42(39,40)28-12-7-10-21-9-5-6-11-23(21)28/h5-7,9-15,18-20,35H,8,16-17H2,1-4H3,(H,33,34,36). The van der Waals surface area contributed by atoms with E-state index >= 15 is 0 Å². The highest BCUT2D eigenvalue weighted by Gasteiger charge is 2.22. The van der Waals surface area contributed by atoms with Crippen molar-refractivity contribution in [2.24, 2.45) is 0 Å². The van der Waals surface area contributed by atoms with E-state index in [0.29, 0.717) is 40.8 Å². The maximum atomic E-state index is 13.0. The molecule has 0 spiro atoms. The molecule has 2 heterocycles. The second-order valence-electron chi connectivity index (χ2n) is 10.8. The molecule has 5 rings (SSSR count). The fourth-order valence-corrected chi connectivity index (χ4v) is 6.02. The maximum Gasteiger partial charge on any atom is 0.241 e. The zero-order valence-electron chi connectivity index (χ0n) is 23.9. The molecule has 0 unspecified atom stereocenters. The fraction of sp³-hybridized carbons (Fsp3) is 0.258. The van der Waals surface area contributed by atoms with Gasteiger partial charge in [-0.1, -0.05) is 54.1 Å². The molecule has 0 aliphatic carbocycles. The molecule has 0 bridgehead atoms. The predicted octanol–water partition coefficient (Wildman–Crippen LogP) is 6.36. The molecule has 0 aliphatic heterocycles. The summed E-state index contributed by atoms with van der Waals surface area (Å²) in [4.78, 5) is 9.38. The first-order chi connectivity index (χ1) is 20.1. The van der Waals surface area contributed by atoms with Crippen LogP contribution in [0.4, 0.5) is 5.95 Å². The normalized spacial score (nSPS) is 12.0. The first-order valence-electron chi connectivity index (χ1n) is 13.6. The molecule has 0 aliphatic rings. The van der Waals surface area contributed by atoms with Crippen molar-refractivity contribution in [3.8, 4) is 28.3 Å². The Morgan fingerprint density at radius 2 is 1.79 bits per heavy atom. The second-order valence-corrected chi connectivity index (χ2v) is 12.9. The minimum atomic E-state index is -3.66. The van der Waals surface area contributed by atoms with Crippen molar-refractivity contribution in [2.45, 2.75) is 37.6 Å². The fourth-order valence-electron chi connectivity index (χ4n) is 4.52. The average Bonchev–Trinajstić information content (AvgIpc) is 3.44. The monoisotopic (exact) mass is 604 g/mol. The molecule has 0 atom stereocenters. The van der Waals surface area contributed by atoms with E-state index in [1.165, 1.54) is 0 Å². The van der Waals surface area contributed by atoms with Crippen LogP contribution in [0.2, 0.25) is 5.02 Å². The third kappa shape index (κ3) is 6.41. The molecule has 0 saturated heterocycles. The topological polar surface area (TPSA) is 111 Å². The lowest BCUT2D eigenvalue weighted by Gasteiger charge is -2.18. The number of ether oxygens (including phenoxy) is 1. The molecular formula is C31H33ClN6O3S. The minimum absolute atomic E-state index is 0.253. The summed E-state index contributed by atoms with van der Waals surface area (Å²) in [6, 6.07) is 20.1. The molecular weight excluding hydrogens is 572 g/mol. The van der Waals surface area contributed by atoms with Gasteiger partial charge < -0.3 is 10.1 Å². The molecule has 0 radical (unpaired) electrons. The number of rotatable bonds is 10. The van der Waals surface area contributed by atoms with Gasteiger partial charge in [0.2, 0.25) is 16.0 Å². The lowest BCUT2D eigenvalue weighted by molar-refractivity contribution is 0.356. The third-order valence-corrected chi connectivity index (χ3v) is 8.56.